The molecule has 14 heavy (non-hydrogen) atoms. The summed E-state index contributed by atoms with van der Waals surface area (Å²) in [5.74, 6) is 2.04. The van der Waals surface area contributed by atoms with E-state index in [4.69, 9.17) is 16.3 Å². The van der Waals surface area contributed by atoms with Gasteiger partial charge in [0.2, 0.25) is 0 Å². The Morgan fingerprint density at radius 2 is 2.21 bits per heavy atom. The molecule has 0 N–H and O–H groups in total. The molecule has 0 aliphatic heterocycles. The summed E-state index contributed by atoms with van der Waals surface area (Å²) in [5, 5.41) is 0.732. The maximum atomic E-state index is 5.87. The monoisotopic (exact) mass is 230 g/mol. The fourth-order valence-corrected chi connectivity index (χ4v) is 1.68. The van der Waals surface area contributed by atoms with Gasteiger partial charge < -0.3 is 4.74 Å². The van der Waals surface area contributed by atoms with Crippen molar-refractivity contribution in [2.45, 2.75) is 13.3 Å². The van der Waals surface area contributed by atoms with Gasteiger partial charge in [-0.2, -0.15) is 11.8 Å². The van der Waals surface area contributed by atoms with Crippen molar-refractivity contribution in [1.82, 2.24) is 0 Å². The highest BCUT2D eigenvalue weighted by molar-refractivity contribution is 7.98. The number of hydrogen-bond acceptors (Lipinski definition) is 2. The molecule has 0 fully saturated rings. The van der Waals surface area contributed by atoms with Crippen molar-refractivity contribution in [3.63, 3.8) is 0 Å². The topological polar surface area (TPSA) is 9.23 Å². The van der Waals surface area contributed by atoms with Crippen molar-refractivity contribution in [3.8, 4) is 5.75 Å². The molecule has 0 aliphatic rings. The summed E-state index contributed by atoms with van der Waals surface area (Å²) in [6.45, 7) is 2.79. The lowest BCUT2D eigenvalue weighted by Gasteiger charge is -2.08. The van der Waals surface area contributed by atoms with E-state index in [0.717, 1.165) is 35.1 Å². The molecular weight excluding hydrogens is 216 g/mol. The molecule has 0 radical (unpaired) electrons. The lowest BCUT2D eigenvalue weighted by Crippen LogP contribution is -1.99. The van der Waals surface area contributed by atoms with Crippen LogP contribution < -0.4 is 4.74 Å². The molecule has 0 unspecified atom stereocenters. The predicted molar refractivity (Wildman–Crippen MR) is 64.7 cm³/mol. The standard InChI is InChI=1S/C11H15ClOS/c1-9-4-5-10(12)8-11(9)13-6-3-7-14-2/h4-5,8H,3,6-7H2,1-2H3. The molecule has 3 heteroatoms. The van der Waals surface area contributed by atoms with E-state index in [9.17, 15) is 0 Å². The molecule has 0 aromatic heterocycles. The SMILES string of the molecule is CSCCCOc1cc(Cl)ccc1C. The zero-order chi connectivity index (χ0) is 10.4. The molecule has 0 amide bonds. The van der Waals surface area contributed by atoms with Crippen LogP contribution in [0.2, 0.25) is 5.02 Å². The number of ether oxygens (including phenoxy) is 1. The molecule has 0 aliphatic carbocycles. The second-order valence-electron chi connectivity index (χ2n) is 3.10. The van der Waals surface area contributed by atoms with Gasteiger partial charge in [0.15, 0.2) is 0 Å². The van der Waals surface area contributed by atoms with Crippen LogP contribution >= 0.6 is 23.4 Å². The van der Waals surface area contributed by atoms with Gasteiger partial charge in [0.25, 0.3) is 0 Å². The molecule has 1 aromatic rings. The van der Waals surface area contributed by atoms with E-state index >= 15 is 0 Å². The van der Waals surface area contributed by atoms with E-state index in [1.165, 1.54) is 0 Å². The maximum Gasteiger partial charge on any atom is 0.123 e. The molecule has 0 spiro atoms. The summed E-state index contributed by atoms with van der Waals surface area (Å²) in [4.78, 5) is 0. The van der Waals surface area contributed by atoms with Gasteiger partial charge in [-0.3, -0.25) is 0 Å². The lowest BCUT2D eigenvalue weighted by atomic mass is 10.2. The average Bonchev–Trinajstić information content (AvgIpc) is 2.18. The van der Waals surface area contributed by atoms with E-state index in [2.05, 4.69) is 6.26 Å². The Labute approximate surface area is 94.8 Å². The van der Waals surface area contributed by atoms with Crippen molar-refractivity contribution in [3.05, 3.63) is 28.8 Å². The smallest absolute Gasteiger partial charge is 0.123 e. The number of halogens is 1. The van der Waals surface area contributed by atoms with Gasteiger partial charge in [-0.05, 0) is 43.0 Å². The molecule has 1 aromatic carbocycles. The molecule has 78 valence electrons. The first kappa shape index (κ1) is 11.7. The Bertz CT molecular complexity index is 289. The summed E-state index contributed by atoms with van der Waals surface area (Å²) < 4.78 is 5.62. The highest BCUT2D eigenvalue weighted by atomic mass is 35.5. The van der Waals surface area contributed by atoms with E-state index < -0.39 is 0 Å². The molecule has 0 bridgehead atoms. The molecular formula is C11H15ClOS. The van der Waals surface area contributed by atoms with Crippen LogP contribution in [-0.2, 0) is 0 Å². The zero-order valence-electron chi connectivity index (χ0n) is 8.55. The largest absolute Gasteiger partial charge is 0.493 e. The van der Waals surface area contributed by atoms with Crippen molar-refractivity contribution in [2.75, 3.05) is 18.6 Å². The van der Waals surface area contributed by atoms with Gasteiger partial charge in [0, 0.05) is 5.02 Å². The van der Waals surface area contributed by atoms with E-state index in [1.807, 2.05) is 36.9 Å². The van der Waals surface area contributed by atoms with Crippen LogP contribution in [0, 0.1) is 6.92 Å². The minimum absolute atomic E-state index is 0.732. The zero-order valence-corrected chi connectivity index (χ0v) is 10.1. The van der Waals surface area contributed by atoms with E-state index in [1.54, 1.807) is 0 Å². The van der Waals surface area contributed by atoms with Crippen LogP contribution in [0.15, 0.2) is 18.2 Å². The summed E-state index contributed by atoms with van der Waals surface area (Å²) in [6.07, 6.45) is 3.18. The highest BCUT2D eigenvalue weighted by Gasteiger charge is 1.99. The normalized spacial score (nSPS) is 10.2. The van der Waals surface area contributed by atoms with Gasteiger partial charge >= 0.3 is 0 Å². The molecule has 1 rings (SSSR count). The third kappa shape index (κ3) is 3.81. The Morgan fingerprint density at radius 1 is 1.43 bits per heavy atom. The van der Waals surface area contributed by atoms with Crippen molar-refractivity contribution in [1.29, 1.82) is 0 Å². The van der Waals surface area contributed by atoms with Crippen LogP contribution in [0.3, 0.4) is 0 Å². The van der Waals surface area contributed by atoms with Gasteiger partial charge in [-0.15, -0.1) is 0 Å². The first-order chi connectivity index (χ1) is 6.74. The minimum atomic E-state index is 0.732. The average molecular weight is 231 g/mol. The highest BCUT2D eigenvalue weighted by Crippen LogP contribution is 2.22. The minimum Gasteiger partial charge on any atom is -0.493 e. The molecule has 1 nitrogen and oxygen atoms in total. The second-order valence-corrected chi connectivity index (χ2v) is 4.53. The number of benzene rings is 1. The van der Waals surface area contributed by atoms with Gasteiger partial charge in [-0.1, -0.05) is 17.7 Å². The maximum absolute atomic E-state index is 5.87. The second kappa shape index (κ2) is 6.20. The summed E-state index contributed by atoms with van der Waals surface area (Å²) in [5.41, 5.74) is 1.14. The third-order valence-electron chi connectivity index (χ3n) is 1.90. The van der Waals surface area contributed by atoms with Crippen LogP contribution in [0.5, 0.6) is 5.75 Å². The summed E-state index contributed by atoms with van der Waals surface area (Å²) >= 11 is 7.71. The summed E-state index contributed by atoms with van der Waals surface area (Å²) in [7, 11) is 0. The number of hydrogen-bond donors (Lipinski definition) is 0. The Morgan fingerprint density at radius 3 is 2.93 bits per heavy atom. The van der Waals surface area contributed by atoms with Crippen molar-refractivity contribution < 1.29 is 4.74 Å². The first-order valence-corrected chi connectivity index (χ1v) is 6.39. The van der Waals surface area contributed by atoms with Crippen LogP contribution in [0.4, 0.5) is 0 Å². The molecule has 0 saturated carbocycles. The Hall–Kier alpha value is -0.340. The quantitative estimate of drug-likeness (QED) is 0.712. The fourth-order valence-electron chi connectivity index (χ4n) is 1.11. The predicted octanol–water partition coefficient (Wildman–Crippen LogP) is 3.78. The number of thioether (sulfide) groups is 1. The van der Waals surface area contributed by atoms with Gasteiger partial charge in [0.1, 0.15) is 5.75 Å². The van der Waals surface area contributed by atoms with Crippen LogP contribution in [0.25, 0.3) is 0 Å². The molecule has 0 saturated heterocycles. The first-order valence-electron chi connectivity index (χ1n) is 4.62. The van der Waals surface area contributed by atoms with E-state index in [-0.39, 0.29) is 0 Å². The van der Waals surface area contributed by atoms with Crippen LogP contribution in [0.1, 0.15) is 12.0 Å². The van der Waals surface area contributed by atoms with Gasteiger partial charge in [0.05, 0.1) is 6.61 Å². The van der Waals surface area contributed by atoms with Gasteiger partial charge in [-0.25, -0.2) is 0 Å². The third-order valence-corrected chi connectivity index (χ3v) is 2.83. The fraction of sp³-hybridized carbons (Fsp3) is 0.455. The van der Waals surface area contributed by atoms with E-state index in [0.29, 0.717) is 0 Å². The van der Waals surface area contributed by atoms with Crippen LogP contribution in [-0.4, -0.2) is 18.6 Å². The molecule has 0 heterocycles. The number of aryl methyl sites for hydroxylation is 1. The van der Waals surface area contributed by atoms with Crippen molar-refractivity contribution in [2.24, 2.45) is 0 Å². The van der Waals surface area contributed by atoms with Crippen molar-refractivity contribution >= 4 is 23.4 Å². The number of rotatable bonds is 5. The molecule has 0 atom stereocenters. The Balaban J connectivity index is 2.45. The summed E-state index contributed by atoms with van der Waals surface area (Å²) in [6, 6.07) is 5.73. The Kier molecular flexibility index (Phi) is 5.20. The lowest BCUT2D eigenvalue weighted by molar-refractivity contribution is 0.316.